The Bertz CT molecular complexity index is 1350. The van der Waals surface area contributed by atoms with Crippen molar-refractivity contribution in [1.82, 2.24) is 9.71 Å². The molecule has 0 bridgehead atoms. The third-order valence-corrected chi connectivity index (χ3v) is 6.59. The molecule has 0 radical (unpaired) electrons. The Hall–Kier alpha value is -3.22. The lowest BCUT2D eigenvalue weighted by Gasteiger charge is -2.27. The molecular formula is C22H23N6O3S2-. The van der Waals surface area contributed by atoms with Crippen LogP contribution in [0.15, 0.2) is 66.2 Å². The molecule has 11 heteroatoms. The van der Waals surface area contributed by atoms with Crippen LogP contribution in [0.25, 0.3) is 10.1 Å². The number of thiophene rings is 1. The Kier molecular flexibility index (Phi) is 6.77. The number of fused-ring (bicyclic) bond motifs is 1. The number of nitrogens with two attached hydrogens (primary N) is 1. The molecule has 0 atom stereocenters. The van der Waals surface area contributed by atoms with E-state index < -0.39 is 10.0 Å². The van der Waals surface area contributed by atoms with E-state index in [0.29, 0.717) is 18.1 Å². The van der Waals surface area contributed by atoms with Gasteiger partial charge >= 0.3 is 0 Å². The van der Waals surface area contributed by atoms with Crippen LogP contribution in [-0.4, -0.2) is 19.7 Å². The highest BCUT2D eigenvalue weighted by molar-refractivity contribution is 7.88. The number of hydrogen-bond donors (Lipinski definition) is 4. The van der Waals surface area contributed by atoms with Crippen molar-refractivity contribution in [3.63, 3.8) is 0 Å². The maximum absolute atomic E-state index is 11.8. The summed E-state index contributed by atoms with van der Waals surface area (Å²) in [7, 11) is -3.25. The van der Waals surface area contributed by atoms with Gasteiger partial charge in [-0.2, -0.15) is 0 Å². The summed E-state index contributed by atoms with van der Waals surface area (Å²) in [6, 6.07) is 17.2. The van der Waals surface area contributed by atoms with E-state index in [4.69, 9.17) is 5.84 Å². The number of nitrogens with zero attached hydrogens (tertiary/aromatic N) is 2. The van der Waals surface area contributed by atoms with E-state index in [2.05, 4.69) is 37.9 Å². The number of hydrogen-bond acceptors (Lipinski definition) is 9. The molecule has 2 aromatic carbocycles. The van der Waals surface area contributed by atoms with Gasteiger partial charge in [0.05, 0.1) is 23.8 Å². The minimum absolute atomic E-state index is 0.215. The van der Waals surface area contributed by atoms with E-state index in [9.17, 15) is 13.6 Å². The van der Waals surface area contributed by atoms with Crippen LogP contribution in [0.5, 0.6) is 0 Å². The lowest BCUT2D eigenvalue weighted by Crippen LogP contribution is -2.24. The van der Waals surface area contributed by atoms with Crippen LogP contribution in [0.2, 0.25) is 0 Å². The summed E-state index contributed by atoms with van der Waals surface area (Å²) in [5.41, 5.74) is 3.48. The zero-order valence-corrected chi connectivity index (χ0v) is 19.4. The molecule has 0 aliphatic carbocycles. The third-order valence-electron chi connectivity index (χ3n) is 4.92. The molecule has 0 aliphatic rings. The fourth-order valence-corrected chi connectivity index (χ4v) is 4.63. The highest BCUT2D eigenvalue weighted by Crippen LogP contribution is 2.30. The second kappa shape index (κ2) is 9.73. The Morgan fingerprint density at radius 2 is 1.91 bits per heavy atom. The van der Waals surface area contributed by atoms with Gasteiger partial charge in [-0.1, -0.05) is 30.3 Å². The van der Waals surface area contributed by atoms with Crippen LogP contribution in [0.1, 0.15) is 11.1 Å². The van der Waals surface area contributed by atoms with Gasteiger partial charge in [-0.25, -0.2) is 18.1 Å². The van der Waals surface area contributed by atoms with Gasteiger partial charge in [0.2, 0.25) is 10.0 Å². The van der Waals surface area contributed by atoms with Gasteiger partial charge in [0.1, 0.15) is 5.82 Å². The minimum Gasteiger partial charge on any atom is -0.743 e. The molecule has 2 heterocycles. The predicted octanol–water partition coefficient (Wildman–Crippen LogP) is 3.88. The predicted molar refractivity (Wildman–Crippen MR) is 135 cm³/mol. The van der Waals surface area contributed by atoms with Crippen LogP contribution in [0, 0.1) is 5.21 Å². The molecule has 9 nitrogen and oxygen atoms in total. The van der Waals surface area contributed by atoms with E-state index in [1.165, 1.54) is 16.3 Å². The topological polar surface area (TPSA) is 135 Å². The van der Waals surface area contributed by atoms with Crippen molar-refractivity contribution in [2.24, 2.45) is 5.84 Å². The van der Waals surface area contributed by atoms with Gasteiger partial charge in [0, 0.05) is 29.5 Å². The van der Waals surface area contributed by atoms with Gasteiger partial charge in [0.15, 0.2) is 0 Å². The first-order chi connectivity index (χ1) is 15.8. The van der Waals surface area contributed by atoms with Gasteiger partial charge in [-0.3, -0.25) is 5.84 Å². The monoisotopic (exact) mass is 483 g/mol. The molecule has 2 aromatic heterocycles. The van der Waals surface area contributed by atoms with Gasteiger partial charge in [-0.05, 0) is 40.1 Å². The molecule has 5 N–H and O–H groups in total. The summed E-state index contributed by atoms with van der Waals surface area (Å²) in [4.78, 5) is 4.28. The molecule has 0 aliphatic heterocycles. The van der Waals surface area contributed by atoms with E-state index in [1.54, 1.807) is 17.4 Å². The van der Waals surface area contributed by atoms with Crippen molar-refractivity contribution in [3.8, 4) is 0 Å². The molecule has 0 amide bonds. The first-order valence-corrected chi connectivity index (χ1v) is 12.8. The van der Waals surface area contributed by atoms with Crippen LogP contribution in [-0.2, 0) is 23.1 Å². The lowest BCUT2D eigenvalue weighted by molar-refractivity contribution is 0.587. The van der Waals surface area contributed by atoms with Gasteiger partial charge < -0.3 is 21.0 Å². The van der Waals surface area contributed by atoms with Crippen molar-refractivity contribution < 1.29 is 8.42 Å². The molecular weight excluding hydrogens is 460 g/mol. The molecule has 172 valence electrons. The highest BCUT2D eigenvalue weighted by atomic mass is 32.2. The molecule has 0 spiro atoms. The zero-order valence-electron chi connectivity index (χ0n) is 17.8. The number of pyridine rings is 1. The first-order valence-electron chi connectivity index (χ1n) is 10.00. The normalized spacial score (nSPS) is 11.5. The number of rotatable bonds is 9. The standard InChI is InChI=1S/C22H23N6O3S2/c1-33(30,31)26-12-15-5-7-18(8-6-15)27-21-11-19(20(14-25-21)28(23)29)24-13-17-4-2-3-16-9-10-32-22(16)17/h2-11,14,26H,12-13,23H2,1H3,(H2,24,25,27)/q-1. The third kappa shape index (κ3) is 5.97. The second-order valence-corrected chi connectivity index (χ2v) is 10.2. The lowest BCUT2D eigenvalue weighted by atomic mass is 10.1. The second-order valence-electron chi connectivity index (χ2n) is 7.44. The van der Waals surface area contributed by atoms with Crippen LogP contribution in [0.4, 0.5) is 22.9 Å². The molecule has 4 aromatic rings. The summed E-state index contributed by atoms with van der Waals surface area (Å²) in [5, 5.41) is 21.8. The smallest absolute Gasteiger partial charge is 0.209 e. The Balaban J connectivity index is 1.49. The van der Waals surface area contributed by atoms with Crippen molar-refractivity contribution >= 4 is 54.3 Å². The summed E-state index contributed by atoms with van der Waals surface area (Å²) < 4.78 is 26.1. The average Bonchev–Trinajstić information content (AvgIpc) is 3.26. The fraction of sp³-hybridized carbons (Fsp3) is 0.136. The van der Waals surface area contributed by atoms with Gasteiger partial charge in [0.25, 0.3) is 0 Å². The zero-order chi connectivity index (χ0) is 23.4. The van der Waals surface area contributed by atoms with E-state index >= 15 is 0 Å². The molecule has 0 fully saturated rings. The number of benzene rings is 2. The quantitative estimate of drug-likeness (QED) is 0.208. The molecule has 0 saturated heterocycles. The Morgan fingerprint density at radius 1 is 1.12 bits per heavy atom. The summed E-state index contributed by atoms with van der Waals surface area (Å²) in [6.45, 7) is 0.733. The van der Waals surface area contributed by atoms with E-state index in [-0.39, 0.29) is 17.4 Å². The van der Waals surface area contributed by atoms with Crippen LogP contribution < -0.4 is 26.4 Å². The first kappa shape index (κ1) is 23.0. The van der Waals surface area contributed by atoms with Crippen molar-refractivity contribution in [2.75, 3.05) is 22.1 Å². The molecule has 0 unspecified atom stereocenters. The van der Waals surface area contributed by atoms with E-state index in [0.717, 1.165) is 23.1 Å². The fourth-order valence-electron chi connectivity index (χ4n) is 3.29. The van der Waals surface area contributed by atoms with Crippen molar-refractivity contribution in [2.45, 2.75) is 13.1 Å². The number of aromatic nitrogens is 1. The maximum Gasteiger partial charge on any atom is 0.209 e. The van der Waals surface area contributed by atoms with E-state index in [1.807, 2.05) is 36.4 Å². The minimum atomic E-state index is -3.25. The Labute approximate surface area is 195 Å². The average molecular weight is 484 g/mol. The molecule has 33 heavy (non-hydrogen) atoms. The largest absolute Gasteiger partial charge is 0.743 e. The van der Waals surface area contributed by atoms with Crippen molar-refractivity contribution in [3.05, 3.63) is 82.5 Å². The highest BCUT2D eigenvalue weighted by Gasteiger charge is 2.09. The van der Waals surface area contributed by atoms with Crippen LogP contribution >= 0.6 is 11.3 Å². The number of sulfonamides is 1. The summed E-state index contributed by atoms with van der Waals surface area (Å²) in [6.07, 6.45) is 2.53. The number of nitrogens with one attached hydrogen (secondary N) is 3. The SMILES string of the molecule is CS(=O)(=O)NCc1ccc(Nc2cc(NCc3cccc4ccsc34)c(N(N)[O-])cn2)cc1. The number of anilines is 4. The summed E-state index contributed by atoms with van der Waals surface area (Å²) in [5.74, 6) is 5.99. The molecule has 4 rings (SSSR count). The van der Waals surface area contributed by atoms with Gasteiger partial charge in [-0.15, -0.1) is 11.3 Å². The maximum atomic E-state index is 11.8. The number of hydrazine groups is 1. The van der Waals surface area contributed by atoms with Crippen LogP contribution in [0.3, 0.4) is 0 Å². The Morgan fingerprint density at radius 3 is 2.64 bits per heavy atom. The summed E-state index contributed by atoms with van der Waals surface area (Å²) >= 11 is 1.67. The van der Waals surface area contributed by atoms with Crippen molar-refractivity contribution in [1.29, 1.82) is 0 Å². The molecule has 0 saturated carbocycles.